The lowest BCUT2D eigenvalue weighted by molar-refractivity contribution is -0.142. The summed E-state index contributed by atoms with van der Waals surface area (Å²) in [5, 5.41) is 2.93. The van der Waals surface area contributed by atoms with Gasteiger partial charge in [-0.25, -0.2) is 0 Å². The summed E-state index contributed by atoms with van der Waals surface area (Å²) in [4.78, 5) is 27.7. The van der Waals surface area contributed by atoms with Gasteiger partial charge in [0.25, 0.3) is 5.91 Å². The Labute approximate surface area is 198 Å². The van der Waals surface area contributed by atoms with E-state index in [1.54, 1.807) is 18.9 Å². The van der Waals surface area contributed by atoms with Crippen LogP contribution >= 0.6 is 0 Å². The van der Waals surface area contributed by atoms with Crippen LogP contribution in [0, 0.1) is 5.92 Å². The van der Waals surface area contributed by atoms with Gasteiger partial charge in [0.2, 0.25) is 5.91 Å². The fourth-order valence-electron chi connectivity index (χ4n) is 3.44. The van der Waals surface area contributed by atoms with Gasteiger partial charge in [-0.15, -0.1) is 0 Å². The van der Waals surface area contributed by atoms with Crippen LogP contribution in [0.1, 0.15) is 52.7 Å². The first-order valence-corrected chi connectivity index (χ1v) is 11.4. The predicted octanol–water partition coefficient (Wildman–Crippen LogP) is 4.56. The maximum Gasteiger partial charge on any atom is 0.261 e. The van der Waals surface area contributed by atoms with Crippen molar-refractivity contribution in [2.45, 2.75) is 59.5 Å². The van der Waals surface area contributed by atoms with Gasteiger partial charge in [-0.2, -0.15) is 0 Å². The van der Waals surface area contributed by atoms with E-state index in [0.717, 1.165) is 11.1 Å². The number of methoxy groups -OCH3 is 1. The molecule has 0 aliphatic rings. The highest BCUT2D eigenvalue weighted by Gasteiger charge is 2.27. The Morgan fingerprint density at radius 1 is 1.03 bits per heavy atom. The lowest BCUT2D eigenvalue weighted by atomic mass is 9.86. The fourth-order valence-corrected chi connectivity index (χ4v) is 3.44. The number of nitrogens with one attached hydrogen (secondary N) is 1. The lowest BCUT2D eigenvalue weighted by Crippen LogP contribution is -2.49. The molecule has 2 rings (SSSR count). The van der Waals surface area contributed by atoms with Crippen molar-refractivity contribution in [3.05, 3.63) is 59.7 Å². The predicted molar refractivity (Wildman–Crippen MR) is 131 cm³/mol. The molecule has 6 heteroatoms. The number of amides is 2. The molecule has 1 atom stereocenters. The molecule has 0 unspecified atom stereocenters. The Morgan fingerprint density at radius 3 is 2.36 bits per heavy atom. The number of nitrogens with zero attached hydrogens (tertiary/aromatic N) is 1. The topological polar surface area (TPSA) is 67.9 Å². The Bertz CT molecular complexity index is 934. The van der Waals surface area contributed by atoms with E-state index in [0.29, 0.717) is 24.0 Å². The van der Waals surface area contributed by atoms with Gasteiger partial charge in [0.15, 0.2) is 6.61 Å². The molecular formula is C27H38N2O4. The zero-order valence-corrected chi connectivity index (χ0v) is 21.0. The van der Waals surface area contributed by atoms with Gasteiger partial charge in [0.05, 0.1) is 7.11 Å². The molecule has 0 saturated heterocycles. The van der Waals surface area contributed by atoms with Crippen molar-refractivity contribution in [3.63, 3.8) is 0 Å². The monoisotopic (exact) mass is 454 g/mol. The van der Waals surface area contributed by atoms with Crippen LogP contribution in [0.3, 0.4) is 0 Å². The second-order valence-corrected chi connectivity index (χ2v) is 9.72. The van der Waals surface area contributed by atoms with Crippen LogP contribution in [0.15, 0.2) is 48.5 Å². The van der Waals surface area contributed by atoms with E-state index in [-0.39, 0.29) is 30.4 Å². The zero-order chi connectivity index (χ0) is 24.6. The molecule has 0 saturated carbocycles. The molecule has 0 aromatic heterocycles. The van der Waals surface area contributed by atoms with E-state index in [1.807, 2.05) is 62.4 Å². The summed E-state index contributed by atoms with van der Waals surface area (Å²) in [5.41, 5.74) is 1.78. The van der Waals surface area contributed by atoms with Gasteiger partial charge in [0.1, 0.15) is 17.5 Å². The van der Waals surface area contributed by atoms with E-state index >= 15 is 0 Å². The van der Waals surface area contributed by atoms with Gasteiger partial charge >= 0.3 is 0 Å². The molecule has 0 bridgehead atoms. The Hall–Kier alpha value is -3.02. The third-order valence-corrected chi connectivity index (χ3v) is 5.39. The van der Waals surface area contributed by atoms with E-state index in [2.05, 4.69) is 26.1 Å². The van der Waals surface area contributed by atoms with Crippen molar-refractivity contribution in [2.24, 2.45) is 5.92 Å². The molecular weight excluding hydrogens is 416 g/mol. The van der Waals surface area contributed by atoms with Crippen molar-refractivity contribution >= 4 is 11.8 Å². The highest BCUT2D eigenvalue weighted by atomic mass is 16.5. The van der Waals surface area contributed by atoms with Gasteiger partial charge in [-0.05, 0) is 47.6 Å². The summed E-state index contributed by atoms with van der Waals surface area (Å²) in [5.74, 6) is 1.26. The molecule has 6 nitrogen and oxygen atoms in total. The smallest absolute Gasteiger partial charge is 0.261 e. The maximum atomic E-state index is 13.3. The van der Waals surface area contributed by atoms with Crippen LogP contribution in [0.5, 0.6) is 11.5 Å². The largest absolute Gasteiger partial charge is 0.497 e. The van der Waals surface area contributed by atoms with Crippen LogP contribution in [0.25, 0.3) is 0 Å². The first-order chi connectivity index (χ1) is 15.5. The molecule has 2 aromatic rings. The molecule has 33 heavy (non-hydrogen) atoms. The van der Waals surface area contributed by atoms with Crippen molar-refractivity contribution in [3.8, 4) is 11.5 Å². The van der Waals surface area contributed by atoms with E-state index in [4.69, 9.17) is 9.47 Å². The average molecular weight is 455 g/mol. The van der Waals surface area contributed by atoms with Crippen LogP contribution < -0.4 is 14.8 Å². The molecule has 2 amide bonds. The normalized spacial score (nSPS) is 12.2. The number of carbonyl (C=O) groups is 2. The molecule has 180 valence electrons. The maximum absolute atomic E-state index is 13.3. The van der Waals surface area contributed by atoms with Crippen LogP contribution in [-0.4, -0.2) is 43.0 Å². The molecule has 1 N–H and O–H groups in total. The quantitative estimate of drug-likeness (QED) is 0.571. The molecule has 0 fully saturated rings. The Balaban J connectivity index is 2.23. The number of hydrogen-bond acceptors (Lipinski definition) is 4. The van der Waals surface area contributed by atoms with Gasteiger partial charge in [-0.1, -0.05) is 65.0 Å². The fraction of sp³-hybridized carbons (Fsp3) is 0.481. The molecule has 0 aliphatic carbocycles. The van der Waals surface area contributed by atoms with E-state index in [1.165, 1.54) is 0 Å². The summed E-state index contributed by atoms with van der Waals surface area (Å²) in [7, 11) is 1.60. The Kier molecular flexibility index (Phi) is 9.32. The number of hydrogen-bond donors (Lipinski definition) is 1. The zero-order valence-electron chi connectivity index (χ0n) is 21.0. The third kappa shape index (κ3) is 7.81. The lowest BCUT2D eigenvalue weighted by Gasteiger charge is -2.29. The summed E-state index contributed by atoms with van der Waals surface area (Å²) in [6.45, 7) is 12.8. The third-order valence-electron chi connectivity index (χ3n) is 5.39. The minimum atomic E-state index is -0.649. The van der Waals surface area contributed by atoms with Crippen molar-refractivity contribution in [1.82, 2.24) is 10.2 Å². The summed E-state index contributed by atoms with van der Waals surface area (Å²) in [6, 6.07) is 14.6. The summed E-state index contributed by atoms with van der Waals surface area (Å²) < 4.78 is 11.3. The number of rotatable bonds is 10. The SMILES string of the molecule is COc1cccc(CN(C(=O)COc2ccccc2C(C)(C)C)[C@H](C)C(=O)NCC(C)C)c1. The first-order valence-electron chi connectivity index (χ1n) is 11.4. The first kappa shape index (κ1) is 26.2. The number of carbonyl (C=O) groups excluding carboxylic acids is 2. The second kappa shape index (κ2) is 11.7. The number of para-hydroxylation sites is 1. The minimum Gasteiger partial charge on any atom is -0.497 e. The molecule has 0 aliphatic heterocycles. The average Bonchev–Trinajstić information content (AvgIpc) is 2.78. The van der Waals surface area contributed by atoms with Gasteiger partial charge < -0.3 is 19.7 Å². The standard InChI is InChI=1S/C27H38N2O4/c1-19(2)16-28-26(31)20(3)29(17-21-11-10-12-22(15-21)32-7)25(30)18-33-24-14-9-8-13-23(24)27(4,5)6/h8-15,19-20H,16-18H2,1-7H3,(H,28,31)/t20-/m1/s1. The van der Waals surface area contributed by atoms with Crippen LogP contribution in [0.2, 0.25) is 0 Å². The highest BCUT2D eigenvalue weighted by Crippen LogP contribution is 2.31. The molecule has 0 heterocycles. The van der Waals surface area contributed by atoms with Crippen LogP contribution in [-0.2, 0) is 21.5 Å². The minimum absolute atomic E-state index is 0.121. The molecule has 0 spiro atoms. The van der Waals surface area contributed by atoms with Crippen molar-refractivity contribution < 1.29 is 19.1 Å². The molecule has 0 radical (unpaired) electrons. The van der Waals surface area contributed by atoms with Crippen molar-refractivity contribution in [1.29, 1.82) is 0 Å². The second-order valence-electron chi connectivity index (χ2n) is 9.72. The number of benzene rings is 2. The Morgan fingerprint density at radius 2 is 1.73 bits per heavy atom. The van der Waals surface area contributed by atoms with E-state index in [9.17, 15) is 9.59 Å². The molecule has 2 aromatic carbocycles. The summed E-state index contributed by atoms with van der Waals surface area (Å²) >= 11 is 0. The van der Waals surface area contributed by atoms with Gasteiger partial charge in [-0.3, -0.25) is 9.59 Å². The van der Waals surface area contributed by atoms with Crippen LogP contribution in [0.4, 0.5) is 0 Å². The number of ether oxygens (including phenoxy) is 2. The van der Waals surface area contributed by atoms with Crippen molar-refractivity contribution in [2.75, 3.05) is 20.3 Å². The van der Waals surface area contributed by atoms with E-state index < -0.39 is 6.04 Å². The highest BCUT2D eigenvalue weighted by molar-refractivity contribution is 5.88. The van der Waals surface area contributed by atoms with Gasteiger partial charge in [0, 0.05) is 13.1 Å². The summed E-state index contributed by atoms with van der Waals surface area (Å²) in [6.07, 6.45) is 0.